The topological polar surface area (TPSA) is 83.9 Å². The number of carbonyl (C=O) groups is 1. The molecule has 1 aliphatic heterocycles. The lowest BCUT2D eigenvalue weighted by Crippen LogP contribution is -2.54. The molecule has 2 N–H and O–H groups in total. The first-order valence-electron chi connectivity index (χ1n) is 6.40. The van der Waals surface area contributed by atoms with Gasteiger partial charge in [0.25, 0.3) is 0 Å². The monoisotopic (exact) mass is 281 g/mol. The smallest absolute Gasteiger partial charge is 0.322 e. The molecule has 0 radical (unpaired) electrons. The maximum absolute atomic E-state index is 11.3. The fraction of sp³-hybridized carbons (Fsp3) is 0.538. The highest BCUT2D eigenvalue weighted by Crippen LogP contribution is 2.30. The lowest BCUT2D eigenvalue weighted by atomic mass is 10.1. The highest BCUT2D eigenvalue weighted by Gasteiger charge is 2.29. The zero-order chi connectivity index (χ0) is 14.5. The van der Waals surface area contributed by atoms with E-state index in [1.54, 1.807) is 26.5 Å². The molecule has 7 heteroatoms. The lowest BCUT2D eigenvalue weighted by Gasteiger charge is -2.33. The van der Waals surface area contributed by atoms with Gasteiger partial charge >= 0.3 is 5.97 Å². The third-order valence-electron chi connectivity index (χ3n) is 3.36. The van der Waals surface area contributed by atoms with Gasteiger partial charge in [-0.15, -0.1) is 0 Å². The van der Waals surface area contributed by atoms with E-state index in [-0.39, 0.29) is 0 Å². The lowest BCUT2D eigenvalue weighted by molar-refractivity contribution is -0.144. The van der Waals surface area contributed by atoms with E-state index < -0.39 is 12.0 Å². The molecule has 0 spiro atoms. The Kier molecular flexibility index (Phi) is 4.75. The highest BCUT2D eigenvalue weighted by atomic mass is 16.5. The van der Waals surface area contributed by atoms with Gasteiger partial charge < -0.3 is 19.9 Å². The van der Waals surface area contributed by atoms with Gasteiger partial charge in [0.05, 0.1) is 14.2 Å². The van der Waals surface area contributed by atoms with Gasteiger partial charge in [-0.1, -0.05) is 0 Å². The summed E-state index contributed by atoms with van der Waals surface area (Å²) in [4.78, 5) is 17.4. The first kappa shape index (κ1) is 14.5. The van der Waals surface area contributed by atoms with Gasteiger partial charge in [0.15, 0.2) is 11.5 Å². The summed E-state index contributed by atoms with van der Waals surface area (Å²) in [7, 11) is 3.11. The molecular formula is C13H19N3O4. The average molecular weight is 281 g/mol. The number of aromatic nitrogens is 1. The molecule has 0 aliphatic carbocycles. The van der Waals surface area contributed by atoms with Crippen LogP contribution in [0.1, 0.15) is 5.69 Å². The summed E-state index contributed by atoms with van der Waals surface area (Å²) in [6, 6.07) is 1.16. The molecule has 1 aromatic heterocycles. The van der Waals surface area contributed by atoms with Crippen LogP contribution in [0.25, 0.3) is 0 Å². The van der Waals surface area contributed by atoms with Crippen molar-refractivity contribution in [3.63, 3.8) is 0 Å². The molecule has 0 bridgehead atoms. The number of piperazine rings is 1. The third-order valence-corrected chi connectivity index (χ3v) is 3.36. The summed E-state index contributed by atoms with van der Waals surface area (Å²) < 4.78 is 10.6. The summed E-state index contributed by atoms with van der Waals surface area (Å²) in [5.74, 6) is 0.316. The molecule has 1 aliphatic rings. The molecule has 2 heterocycles. The number of carboxylic acids is 1. The zero-order valence-corrected chi connectivity index (χ0v) is 11.6. The van der Waals surface area contributed by atoms with Gasteiger partial charge in [-0.25, -0.2) is 0 Å². The first-order chi connectivity index (χ1) is 9.67. The van der Waals surface area contributed by atoms with Crippen LogP contribution in [0.2, 0.25) is 0 Å². The Morgan fingerprint density at radius 1 is 1.55 bits per heavy atom. The van der Waals surface area contributed by atoms with Crippen LogP contribution < -0.4 is 14.8 Å². The Morgan fingerprint density at radius 3 is 3.00 bits per heavy atom. The Balaban J connectivity index is 2.22. The SMILES string of the molecule is COc1ccnc(CN2CCNCC2C(=O)O)c1OC. The van der Waals surface area contributed by atoms with E-state index in [2.05, 4.69) is 10.3 Å². The van der Waals surface area contributed by atoms with Crippen LogP contribution in [0.15, 0.2) is 12.3 Å². The number of ether oxygens (including phenoxy) is 2. The van der Waals surface area contributed by atoms with Crippen LogP contribution in [0.5, 0.6) is 11.5 Å². The van der Waals surface area contributed by atoms with Crippen molar-refractivity contribution in [3.05, 3.63) is 18.0 Å². The quantitative estimate of drug-likeness (QED) is 0.783. The first-order valence-corrected chi connectivity index (χ1v) is 6.40. The Bertz CT molecular complexity index is 481. The van der Waals surface area contributed by atoms with Crippen LogP contribution >= 0.6 is 0 Å². The van der Waals surface area contributed by atoms with Crippen LogP contribution in [0.4, 0.5) is 0 Å². The fourth-order valence-corrected chi connectivity index (χ4v) is 2.33. The van der Waals surface area contributed by atoms with Crippen molar-refractivity contribution in [3.8, 4) is 11.5 Å². The molecule has 110 valence electrons. The normalized spacial score (nSPS) is 19.6. The predicted molar refractivity (Wildman–Crippen MR) is 72.0 cm³/mol. The minimum Gasteiger partial charge on any atom is -0.493 e. The summed E-state index contributed by atoms with van der Waals surface area (Å²) in [5.41, 5.74) is 0.681. The second-order valence-electron chi connectivity index (χ2n) is 4.52. The third kappa shape index (κ3) is 3.00. The molecule has 20 heavy (non-hydrogen) atoms. The number of rotatable bonds is 5. The minimum absolute atomic E-state index is 0.416. The summed E-state index contributed by atoms with van der Waals surface area (Å²) in [5, 5.41) is 12.3. The van der Waals surface area contributed by atoms with Crippen molar-refractivity contribution in [1.82, 2.24) is 15.2 Å². The Morgan fingerprint density at radius 2 is 2.35 bits per heavy atom. The fourth-order valence-electron chi connectivity index (χ4n) is 2.33. The average Bonchev–Trinajstić information content (AvgIpc) is 2.47. The number of hydrogen-bond acceptors (Lipinski definition) is 6. The number of nitrogens with zero attached hydrogens (tertiary/aromatic N) is 2. The maximum atomic E-state index is 11.3. The Labute approximate surface area is 117 Å². The number of pyridine rings is 1. The van der Waals surface area contributed by atoms with E-state index in [4.69, 9.17) is 9.47 Å². The maximum Gasteiger partial charge on any atom is 0.322 e. The van der Waals surface area contributed by atoms with Gasteiger partial charge in [0.1, 0.15) is 11.7 Å². The molecule has 7 nitrogen and oxygen atoms in total. The number of aliphatic carboxylic acids is 1. The zero-order valence-electron chi connectivity index (χ0n) is 11.6. The van der Waals surface area contributed by atoms with Crippen LogP contribution in [-0.2, 0) is 11.3 Å². The molecule has 1 aromatic rings. The molecule has 1 saturated heterocycles. The molecule has 0 saturated carbocycles. The van der Waals surface area contributed by atoms with Crippen molar-refractivity contribution in [2.45, 2.75) is 12.6 Å². The van der Waals surface area contributed by atoms with Gasteiger partial charge in [0, 0.05) is 38.4 Å². The van der Waals surface area contributed by atoms with E-state index >= 15 is 0 Å². The van der Waals surface area contributed by atoms with Gasteiger partial charge in [-0.3, -0.25) is 14.7 Å². The van der Waals surface area contributed by atoms with Crippen molar-refractivity contribution in [1.29, 1.82) is 0 Å². The summed E-state index contributed by atoms with van der Waals surface area (Å²) in [6.07, 6.45) is 1.63. The second-order valence-corrected chi connectivity index (χ2v) is 4.52. The van der Waals surface area contributed by atoms with E-state index in [0.29, 0.717) is 36.8 Å². The largest absolute Gasteiger partial charge is 0.493 e. The van der Waals surface area contributed by atoms with Gasteiger partial charge in [-0.05, 0) is 0 Å². The van der Waals surface area contributed by atoms with Gasteiger partial charge in [0.2, 0.25) is 0 Å². The summed E-state index contributed by atoms with van der Waals surface area (Å²) in [6.45, 7) is 2.26. The van der Waals surface area contributed by atoms with Crippen molar-refractivity contribution < 1.29 is 19.4 Å². The molecule has 1 fully saturated rings. The van der Waals surface area contributed by atoms with Crippen molar-refractivity contribution >= 4 is 5.97 Å². The molecule has 0 amide bonds. The van der Waals surface area contributed by atoms with E-state index in [1.807, 2.05) is 4.90 Å². The molecule has 2 rings (SSSR count). The predicted octanol–water partition coefficient (Wildman–Crippen LogP) is -0.0428. The molecular weight excluding hydrogens is 262 g/mol. The van der Waals surface area contributed by atoms with E-state index in [9.17, 15) is 9.90 Å². The number of nitrogens with one attached hydrogen (secondary N) is 1. The standard InChI is InChI=1S/C13H19N3O4/c1-19-11-3-4-15-9(12(11)20-2)8-16-6-5-14-7-10(16)13(17)18/h3-4,10,14H,5-8H2,1-2H3,(H,17,18). The molecule has 1 unspecified atom stereocenters. The summed E-state index contributed by atoms with van der Waals surface area (Å²) >= 11 is 0. The number of methoxy groups -OCH3 is 2. The van der Waals surface area contributed by atoms with Gasteiger partial charge in [-0.2, -0.15) is 0 Å². The number of carboxylic acid groups (broad SMARTS) is 1. The van der Waals surface area contributed by atoms with Crippen LogP contribution in [-0.4, -0.2) is 60.9 Å². The second kappa shape index (κ2) is 6.53. The van der Waals surface area contributed by atoms with Crippen molar-refractivity contribution in [2.24, 2.45) is 0 Å². The minimum atomic E-state index is -0.834. The highest BCUT2D eigenvalue weighted by molar-refractivity contribution is 5.74. The van der Waals surface area contributed by atoms with Crippen LogP contribution in [0, 0.1) is 0 Å². The Hall–Kier alpha value is -1.86. The van der Waals surface area contributed by atoms with E-state index in [1.165, 1.54) is 0 Å². The van der Waals surface area contributed by atoms with E-state index in [0.717, 1.165) is 6.54 Å². The molecule has 1 atom stereocenters. The molecule has 0 aromatic carbocycles. The van der Waals surface area contributed by atoms with Crippen molar-refractivity contribution in [2.75, 3.05) is 33.9 Å². The number of hydrogen-bond donors (Lipinski definition) is 2. The van der Waals surface area contributed by atoms with Crippen LogP contribution in [0.3, 0.4) is 0 Å².